The second kappa shape index (κ2) is 23.1. The second-order valence-electron chi connectivity index (χ2n) is 12.9. The maximum Gasteiger partial charge on any atom is 2.00 e. The summed E-state index contributed by atoms with van der Waals surface area (Å²) in [6.07, 6.45) is 22.1. The first-order valence-corrected chi connectivity index (χ1v) is 20.8. The molecule has 0 atom stereocenters. The molecule has 0 radical (unpaired) electrons. The van der Waals surface area contributed by atoms with Crippen LogP contribution in [0.15, 0.2) is 82.6 Å². The molecule has 0 N–H and O–H groups in total. The van der Waals surface area contributed by atoms with Crippen molar-refractivity contribution < 1.29 is 25.9 Å². The fourth-order valence-corrected chi connectivity index (χ4v) is 7.85. The average molecular weight is 735 g/mol. The fraction of sp³-hybridized carbons (Fsp3) is 0.500. The Hall–Kier alpha value is -1.52. The molecule has 0 amide bonds. The second-order valence-corrected chi connectivity index (χ2v) is 15.6. The van der Waals surface area contributed by atoms with E-state index in [0.717, 1.165) is 47.6 Å². The van der Waals surface area contributed by atoms with E-state index in [2.05, 4.69) is 13.8 Å². The van der Waals surface area contributed by atoms with Gasteiger partial charge in [0.1, 0.15) is 20.2 Å². The molecular weight excluding hydrogens is 681 g/mol. The zero-order valence-corrected chi connectivity index (χ0v) is 33.5. The predicted molar refractivity (Wildman–Crippen MR) is 202 cm³/mol. The van der Waals surface area contributed by atoms with Crippen molar-refractivity contribution in [3.63, 3.8) is 0 Å². The van der Waals surface area contributed by atoms with E-state index in [9.17, 15) is 25.9 Å². The van der Waals surface area contributed by atoms with Gasteiger partial charge in [0.25, 0.3) is 0 Å². The summed E-state index contributed by atoms with van der Waals surface area (Å²) < 4.78 is 68.5. The first-order chi connectivity index (χ1) is 23.1. The van der Waals surface area contributed by atoms with E-state index >= 15 is 0 Å². The Morgan fingerprint density at radius 1 is 0.408 bits per heavy atom. The molecule has 0 bridgehead atoms. The summed E-state index contributed by atoms with van der Waals surface area (Å²) in [6.45, 7) is 4.46. The van der Waals surface area contributed by atoms with Crippen LogP contribution in [0.2, 0.25) is 0 Å². The van der Waals surface area contributed by atoms with Crippen molar-refractivity contribution in [3.8, 4) is 0 Å². The monoisotopic (exact) mass is 734 g/mol. The SMILES string of the molecule is CCCCCCCCCCc1cccc2c(S(=O)(=O)[O-])cccc12.CCCCCCCCCCc1cccc2c(S(=O)(=O)[O-])cccc12.[Ca+2]. The van der Waals surface area contributed by atoms with E-state index in [1.807, 2.05) is 36.4 Å². The van der Waals surface area contributed by atoms with E-state index < -0.39 is 20.2 Å². The Bertz CT molecular complexity index is 1640. The van der Waals surface area contributed by atoms with Crippen LogP contribution in [0, 0.1) is 0 Å². The number of fused-ring (bicyclic) bond motifs is 2. The number of rotatable bonds is 20. The van der Waals surface area contributed by atoms with Gasteiger partial charge in [-0.25, -0.2) is 16.8 Å². The molecule has 0 aliphatic carbocycles. The summed E-state index contributed by atoms with van der Waals surface area (Å²) >= 11 is 0. The quantitative estimate of drug-likeness (QED) is 0.0507. The molecule has 0 heterocycles. The van der Waals surface area contributed by atoms with Crippen LogP contribution in [0.1, 0.15) is 128 Å². The van der Waals surface area contributed by atoms with Gasteiger partial charge in [-0.1, -0.05) is 164 Å². The smallest absolute Gasteiger partial charge is 0.744 e. The van der Waals surface area contributed by atoms with Crippen molar-refractivity contribution in [3.05, 3.63) is 83.9 Å². The summed E-state index contributed by atoms with van der Waals surface area (Å²) in [6, 6.07) is 21.1. The van der Waals surface area contributed by atoms with Gasteiger partial charge in [0, 0.05) is 0 Å². The van der Waals surface area contributed by atoms with Gasteiger partial charge in [-0.3, -0.25) is 0 Å². The standard InChI is InChI=1S/2C20H28O3S.Ca/c2*1-2-3-4-5-6-7-8-9-12-17-13-10-15-19-18(17)14-11-16-20(19)24(21,22)23;/h2*10-11,13-16H,2-9,12H2,1H3,(H,21,22,23);/q;;+2/p-2. The van der Waals surface area contributed by atoms with Crippen LogP contribution in [-0.2, 0) is 33.1 Å². The molecule has 4 rings (SSSR count). The van der Waals surface area contributed by atoms with Crippen molar-refractivity contribution >= 4 is 79.5 Å². The van der Waals surface area contributed by atoms with E-state index in [-0.39, 0.29) is 47.5 Å². The summed E-state index contributed by atoms with van der Waals surface area (Å²) in [5, 5.41) is 2.86. The molecule has 49 heavy (non-hydrogen) atoms. The minimum Gasteiger partial charge on any atom is -0.744 e. The van der Waals surface area contributed by atoms with E-state index in [1.165, 1.54) is 102 Å². The first kappa shape index (κ1) is 43.6. The van der Waals surface area contributed by atoms with Crippen LogP contribution in [0.25, 0.3) is 21.5 Å². The topological polar surface area (TPSA) is 114 Å². The maximum atomic E-state index is 11.4. The maximum absolute atomic E-state index is 11.4. The van der Waals surface area contributed by atoms with Crippen molar-refractivity contribution in [2.45, 2.75) is 139 Å². The van der Waals surface area contributed by atoms with Crippen molar-refractivity contribution in [2.75, 3.05) is 0 Å². The third kappa shape index (κ3) is 14.9. The molecular formula is C40H54CaO6S2. The molecule has 9 heteroatoms. The number of benzene rings is 4. The number of aryl methyl sites for hydroxylation is 2. The number of unbranched alkanes of at least 4 members (excludes halogenated alkanes) is 14. The zero-order valence-electron chi connectivity index (χ0n) is 29.6. The minimum absolute atomic E-state index is 0. The average Bonchev–Trinajstić information content (AvgIpc) is 3.06. The van der Waals surface area contributed by atoms with Gasteiger partial charge in [-0.15, -0.1) is 0 Å². The van der Waals surface area contributed by atoms with Crippen molar-refractivity contribution in [2.24, 2.45) is 0 Å². The summed E-state index contributed by atoms with van der Waals surface area (Å²) in [4.78, 5) is -0.226. The first-order valence-electron chi connectivity index (χ1n) is 18.0. The third-order valence-corrected chi connectivity index (χ3v) is 10.9. The minimum atomic E-state index is -4.44. The molecule has 264 valence electrons. The number of hydrogen-bond donors (Lipinski definition) is 0. The molecule has 0 spiro atoms. The van der Waals surface area contributed by atoms with Crippen molar-refractivity contribution in [1.29, 1.82) is 0 Å². The molecule has 0 fully saturated rings. The molecule has 0 aliphatic rings. The van der Waals surface area contributed by atoms with Gasteiger partial charge < -0.3 is 9.11 Å². The van der Waals surface area contributed by atoms with Crippen LogP contribution in [0.5, 0.6) is 0 Å². The number of hydrogen-bond acceptors (Lipinski definition) is 6. The van der Waals surface area contributed by atoms with Gasteiger partial charge >= 0.3 is 37.7 Å². The normalized spacial score (nSPS) is 11.7. The Labute approximate surface area is 326 Å². The summed E-state index contributed by atoms with van der Waals surface area (Å²) in [5.41, 5.74) is 2.26. The van der Waals surface area contributed by atoms with Gasteiger partial charge in [0.2, 0.25) is 0 Å². The molecule has 0 unspecified atom stereocenters. The van der Waals surface area contributed by atoms with Crippen LogP contribution in [-0.4, -0.2) is 63.7 Å². The van der Waals surface area contributed by atoms with Crippen LogP contribution in [0.3, 0.4) is 0 Å². The molecule has 4 aromatic rings. The Balaban J connectivity index is 0.000000333. The fourth-order valence-electron chi connectivity index (χ4n) is 6.46. The van der Waals surface area contributed by atoms with Crippen LogP contribution >= 0.6 is 0 Å². The van der Waals surface area contributed by atoms with Gasteiger partial charge in [0.15, 0.2) is 0 Å². The van der Waals surface area contributed by atoms with Gasteiger partial charge in [-0.2, -0.15) is 0 Å². The Kier molecular flexibility index (Phi) is 20.6. The summed E-state index contributed by atoms with van der Waals surface area (Å²) in [7, 11) is -8.87. The molecule has 0 saturated heterocycles. The predicted octanol–water partition coefficient (Wildman–Crippen LogP) is 10.5. The van der Waals surface area contributed by atoms with Crippen molar-refractivity contribution in [1.82, 2.24) is 0 Å². The van der Waals surface area contributed by atoms with Crippen LogP contribution < -0.4 is 0 Å². The van der Waals surface area contributed by atoms with E-state index in [1.54, 1.807) is 24.3 Å². The molecule has 0 saturated carbocycles. The third-order valence-electron chi connectivity index (χ3n) is 9.08. The van der Waals surface area contributed by atoms with E-state index in [0.29, 0.717) is 10.8 Å². The Morgan fingerprint density at radius 2 is 0.694 bits per heavy atom. The molecule has 4 aromatic carbocycles. The molecule has 6 nitrogen and oxygen atoms in total. The molecule has 0 aliphatic heterocycles. The van der Waals surface area contributed by atoms with Gasteiger partial charge in [-0.05, 0) is 70.5 Å². The largest absolute Gasteiger partial charge is 2.00 e. The zero-order chi connectivity index (χ0) is 34.8. The summed E-state index contributed by atoms with van der Waals surface area (Å²) in [5.74, 6) is 0. The molecule has 0 aromatic heterocycles. The van der Waals surface area contributed by atoms with Crippen LogP contribution in [0.4, 0.5) is 0 Å². The van der Waals surface area contributed by atoms with Gasteiger partial charge in [0.05, 0.1) is 9.79 Å². The Morgan fingerprint density at radius 3 is 1.02 bits per heavy atom. The van der Waals surface area contributed by atoms with E-state index in [4.69, 9.17) is 0 Å².